The summed E-state index contributed by atoms with van der Waals surface area (Å²) in [5, 5.41) is 21.2. The van der Waals surface area contributed by atoms with Crippen molar-refractivity contribution in [3.05, 3.63) is 142 Å². The summed E-state index contributed by atoms with van der Waals surface area (Å²) >= 11 is 8.20. The topological polar surface area (TPSA) is 0 Å². The molecule has 0 aromatic heterocycles. The molecular weight excluding hydrogens is 688 g/mol. The molecular formula is C44H22Br2. The Bertz CT molecular complexity index is 2810. The molecule has 0 saturated carbocycles. The van der Waals surface area contributed by atoms with Gasteiger partial charge in [0.2, 0.25) is 0 Å². The van der Waals surface area contributed by atoms with Crippen LogP contribution in [0.2, 0.25) is 0 Å². The van der Waals surface area contributed by atoms with Crippen LogP contribution >= 0.6 is 31.9 Å². The average Bonchev–Trinajstić information content (AvgIpc) is 3.11. The van der Waals surface area contributed by atoms with Gasteiger partial charge in [-0.2, -0.15) is 0 Å². The van der Waals surface area contributed by atoms with Crippen molar-refractivity contribution >= 4 is 118 Å². The maximum Gasteiger partial charge on any atom is 0.0260 e. The van der Waals surface area contributed by atoms with Gasteiger partial charge in [-0.25, -0.2) is 0 Å². The lowest BCUT2D eigenvalue weighted by atomic mass is 9.78. The summed E-state index contributed by atoms with van der Waals surface area (Å²) in [6, 6.07) is 49.5. The lowest BCUT2D eigenvalue weighted by molar-refractivity contribution is 1.64. The van der Waals surface area contributed by atoms with E-state index in [-0.39, 0.29) is 0 Å². The molecule has 0 spiro atoms. The number of halogens is 2. The zero-order valence-corrected chi connectivity index (χ0v) is 27.6. The molecule has 46 heavy (non-hydrogen) atoms. The quantitative estimate of drug-likeness (QED) is 0.124. The third kappa shape index (κ3) is 3.05. The molecule has 212 valence electrons. The van der Waals surface area contributed by atoms with Gasteiger partial charge in [0.1, 0.15) is 0 Å². The molecule has 0 heterocycles. The molecule has 0 radical (unpaired) electrons. The second-order valence-corrected chi connectivity index (χ2v) is 14.3. The predicted molar refractivity (Wildman–Crippen MR) is 206 cm³/mol. The third-order valence-electron chi connectivity index (χ3n) is 10.4. The second-order valence-electron chi connectivity index (χ2n) is 12.6. The van der Waals surface area contributed by atoms with Gasteiger partial charge < -0.3 is 0 Å². The number of benzene rings is 11. The molecule has 11 rings (SSSR count). The van der Waals surface area contributed by atoms with Gasteiger partial charge in [-0.05, 0) is 121 Å². The van der Waals surface area contributed by atoms with E-state index in [9.17, 15) is 0 Å². The van der Waals surface area contributed by atoms with E-state index in [2.05, 4.69) is 165 Å². The van der Waals surface area contributed by atoms with Crippen LogP contribution in [0.1, 0.15) is 0 Å². The number of hydrogen-bond acceptors (Lipinski definition) is 0. The van der Waals surface area contributed by atoms with Crippen molar-refractivity contribution in [3.63, 3.8) is 0 Å². The standard InChI is InChI=1S/C44H22Br2/c45-35-21-33-37-25(23-9-3-1-4-10-23)15-16-26(24-11-5-2-6-12-24)38(37)34-22-36(46)32-20-18-30-28-14-8-7-13-27(28)29-17-19-31(35)41-39(29)40(30)42(32)44(34)43(33)41/h1-22H. The molecule has 0 fully saturated rings. The van der Waals surface area contributed by atoms with E-state index in [0.717, 1.165) is 8.95 Å². The van der Waals surface area contributed by atoms with Crippen molar-refractivity contribution in [2.24, 2.45) is 0 Å². The van der Waals surface area contributed by atoms with Crippen molar-refractivity contribution < 1.29 is 0 Å². The molecule has 0 nitrogen and oxygen atoms in total. The van der Waals surface area contributed by atoms with Crippen LogP contribution in [0, 0.1) is 0 Å². The minimum absolute atomic E-state index is 1.13. The predicted octanol–water partition coefficient (Wildman–Crippen LogP) is 14.1. The van der Waals surface area contributed by atoms with Crippen LogP contribution in [-0.4, -0.2) is 0 Å². The molecule has 0 amide bonds. The molecule has 0 N–H and O–H groups in total. The van der Waals surface area contributed by atoms with Crippen LogP contribution in [0.5, 0.6) is 0 Å². The van der Waals surface area contributed by atoms with Crippen LogP contribution in [0.25, 0.3) is 108 Å². The van der Waals surface area contributed by atoms with Crippen LogP contribution in [0.4, 0.5) is 0 Å². The second kappa shape index (κ2) is 8.94. The number of hydrogen-bond donors (Lipinski definition) is 0. The molecule has 0 bridgehead atoms. The summed E-state index contributed by atoms with van der Waals surface area (Å²) in [7, 11) is 0. The van der Waals surface area contributed by atoms with Crippen LogP contribution in [0.3, 0.4) is 0 Å². The van der Waals surface area contributed by atoms with Crippen LogP contribution in [0.15, 0.2) is 142 Å². The summed E-state index contributed by atoms with van der Waals surface area (Å²) in [5.41, 5.74) is 4.98. The van der Waals surface area contributed by atoms with E-state index in [1.165, 1.54) is 108 Å². The Kier molecular flexibility index (Phi) is 4.94. The van der Waals surface area contributed by atoms with Crippen molar-refractivity contribution in [2.45, 2.75) is 0 Å². The highest BCUT2D eigenvalue weighted by Gasteiger charge is 2.27. The van der Waals surface area contributed by atoms with E-state index < -0.39 is 0 Å². The minimum Gasteiger partial charge on any atom is -0.0622 e. The minimum atomic E-state index is 1.13. The van der Waals surface area contributed by atoms with E-state index in [1.807, 2.05) is 0 Å². The summed E-state index contributed by atoms with van der Waals surface area (Å²) in [4.78, 5) is 0. The van der Waals surface area contributed by atoms with Crippen molar-refractivity contribution in [2.75, 3.05) is 0 Å². The zero-order valence-electron chi connectivity index (χ0n) is 24.5. The van der Waals surface area contributed by atoms with E-state index in [4.69, 9.17) is 0 Å². The Morgan fingerprint density at radius 3 is 1.04 bits per heavy atom. The van der Waals surface area contributed by atoms with Gasteiger partial charge in [-0.1, -0.05) is 153 Å². The van der Waals surface area contributed by atoms with E-state index in [0.29, 0.717) is 0 Å². The van der Waals surface area contributed by atoms with Gasteiger partial charge in [0.15, 0.2) is 0 Å². The van der Waals surface area contributed by atoms with Crippen molar-refractivity contribution in [1.29, 1.82) is 0 Å². The highest BCUT2D eigenvalue weighted by Crippen LogP contribution is 2.56. The third-order valence-corrected chi connectivity index (χ3v) is 11.7. The highest BCUT2D eigenvalue weighted by atomic mass is 79.9. The van der Waals surface area contributed by atoms with Gasteiger partial charge in [0.25, 0.3) is 0 Å². The number of rotatable bonds is 2. The highest BCUT2D eigenvalue weighted by molar-refractivity contribution is 9.11. The number of fused-ring (bicyclic) bond motifs is 6. The van der Waals surface area contributed by atoms with Crippen molar-refractivity contribution in [3.8, 4) is 22.3 Å². The van der Waals surface area contributed by atoms with E-state index in [1.54, 1.807) is 0 Å². The zero-order chi connectivity index (χ0) is 30.3. The first-order valence-electron chi connectivity index (χ1n) is 15.7. The van der Waals surface area contributed by atoms with Crippen LogP contribution < -0.4 is 0 Å². The van der Waals surface area contributed by atoms with Gasteiger partial charge in [-0.3, -0.25) is 0 Å². The van der Waals surface area contributed by atoms with Gasteiger partial charge >= 0.3 is 0 Å². The molecule has 0 atom stereocenters. The molecule has 0 saturated heterocycles. The molecule has 0 aliphatic rings. The Morgan fingerprint density at radius 1 is 0.261 bits per heavy atom. The fourth-order valence-electron chi connectivity index (χ4n) is 8.66. The fourth-order valence-corrected chi connectivity index (χ4v) is 9.78. The first-order valence-corrected chi connectivity index (χ1v) is 17.2. The molecule has 11 aromatic carbocycles. The Hall–Kier alpha value is -4.76. The molecule has 0 aliphatic carbocycles. The van der Waals surface area contributed by atoms with Gasteiger partial charge in [0.05, 0.1) is 0 Å². The first-order chi connectivity index (χ1) is 22.7. The summed E-state index contributed by atoms with van der Waals surface area (Å²) < 4.78 is 2.27. The van der Waals surface area contributed by atoms with Crippen molar-refractivity contribution in [1.82, 2.24) is 0 Å². The van der Waals surface area contributed by atoms with Crippen LogP contribution in [-0.2, 0) is 0 Å². The molecule has 11 aromatic rings. The Balaban J connectivity index is 1.55. The maximum absolute atomic E-state index is 4.10. The first kappa shape index (κ1) is 25.4. The fraction of sp³-hybridized carbons (Fsp3) is 0. The van der Waals surface area contributed by atoms with Gasteiger partial charge in [-0.15, -0.1) is 0 Å². The normalized spacial score (nSPS) is 12.6. The SMILES string of the molecule is Brc1cc2c3c(-c4ccccc4)ccc(-c4ccccc4)c3c3cc(Br)c4ccc5c6ccccc6c6ccc1c1c6c5c4c3c21. The summed E-state index contributed by atoms with van der Waals surface area (Å²) in [6.07, 6.45) is 0. The molecule has 0 aliphatic heterocycles. The van der Waals surface area contributed by atoms with Gasteiger partial charge in [0, 0.05) is 8.95 Å². The Morgan fingerprint density at radius 2 is 0.609 bits per heavy atom. The Labute approximate surface area is 281 Å². The monoisotopic (exact) mass is 708 g/mol. The molecule has 0 unspecified atom stereocenters. The largest absolute Gasteiger partial charge is 0.0622 e. The lowest BCUT2D eigenvalue weighted by Crippen LogP contribution is -1.97. The van der Waals surface area contributed by atoms with E-state index >= 15 is 0 Å². The maximum atomic E-state index is 4.10. The smallest absolute Gasteiger partial charge is 0.0260 e. The average molecular weight is 710 g/mol. The summed E-state index contributed by atoms with van der Waals surface area (Å²) in [5.74, 6) is 0. The summed E-state index contributed by atoms with van der Waals surface area (Å²) in [6.45, 7) is 0. The molecule has 2 heteroatoms. The lowest BCUT2D eigenvalue weighted by Gasteiger charge is -2.26.